The maximum atomic E-state index is 13.9. The highest BCUT2D eigenvalue weighted by molar-refractivity contribution is 6.36. The summed E-state index contributed by atoms with van der Waals surface area (Å²) in [7, 11) is 0. The predicted molar refractivity (Wildman–Crippen MR) is 120 cm³/mol. The van der Waals surface area contributed by atoms with Crippen molar-refractivity contribution in [3.8, 4) is 11.1 Å². The largest absolute Gasteiger partial charge is 0.392 e. The van der Waals surface area contributed by atoms with E-state index in [-0.39, 0.29) is 30.0 Å². The minimum Gasteiger partial charge on any atom is -0.392 e. The number of piperazine rings is 1. The van der Waals surface area contributed by atoms with E-state index in [2.05, 4.69) is 11.9 Å². The lowest BCUT2D eigenvalue weighted by Crippen LogP contribution is -2.51. The van der Waals surface area contributed by atoms with Gasteiger partial charge in [0.25, 0.3) is 0 Å². The Kier molecular flexibility index (Phi) is 7.54. The van der Waals surface area contributed by atoms with E-state index in [1.165, 1.54) is 18.2 Å². The lowest BCUT2D eigenvalue weighted by molar-refractivity contribution is -0.135. The molecule has 0 saturated carbocycles. The third-order valence-corrected chi connectivity index (χ3v) is 5.85. The molecule has 0 bridgehead atoms. The molecule has 31 heavy (non-hydrogen) atoms. The monoisotopic (exact) mass is 465 g/mol. The van der Waals surface area contributed by atoms with E-state index in [9.17, 15) is 19.1 Å². The van der Waals surface area contributed by atoms with Crippen molar-refractivity contribution in [1.82, 2.24) is 9.80 Å². The molecule has 0 atom stereocenters. The van der Waals surface area contributed by atoms with Gasteiger partial charge in [-0.15, -0.1) is 0 Å². The number of rotatable bonds is 6. The van der Waals surface area contributed by atoms with Crippen LogP contribution >= 0.6 is 23.2 Å². The van der Waals surface area contributed by atoms with Crippen molar-refractivity contribution in [2.45, 2.75) is 6.61 Å². The first-order chi connectivity index (χ1) is 14.8. The summed E-state index contributed by atoms with van der Waals surface area (Å²) in [5.41, 5.74) is 1.88. The van der Waals surface area contributed by atoms with Crippen molar-refractivity contribution < 1.29 is 19.1 Å². The second-order valence-corrected chi connectivity index (χ2v) is 7.80. The maximum Gasteiger partial charge on any atom is 0.246 e. The highest BCUT2D eigenvalue weighted by Gasteiger charge is 2.23. The molecular formula is C22H22Cl2FN3O3. The molecule has 1 fully saturated rings. The molecule has 0 spiro atoms. The fraction of sp³-hybridized carbons (Fsp3) is 0.273. The summed E-state index contributed by atoms with van der Waals surface area (Å²) in [5, 5.41) is 13.0. The van der Waals surface area contributed by atoms with Crippen LogP contribution in [-0.2, 0) is 16.2 Å². The minimum atomic E-state index is -0.569. The molecule has 0 aromatic heterocycles. The van der Waals surface area contributed by atoms with Crippen LogP contribution in [0.5, 0.6) is 0 Å². The number of carbonyl (C=O) groups excluding carboxylic acids is 2. The van der Waals surface area contributed by atoms with E-state index in [4.69, 9.17) is 23.2 Å². The van der Waals surface area contributed by atoms with Gasteiger partial charge in [0, 0.05) is 53.6 Å². The summed E-state index contributed by atoms with van der Waals surface area (Å²) in [6.07, 6.45) is 1.26. The van der Waals surface area contributed by atoms with Crippen LogP contribution in [0.25, 0.3) is 11.1 Å². The van der Waals surface area contributed by atoms with E-state index in [1.54, 1.807) is 28.0 Å². The highest BCUT2D eigenvalue weighted by Crippen LogP contribution is 2.37. The van der Waals surface area contributed by atoms with Crippen LogP contribution in [0.4, 0.5) is 10.1 Å². The van der Waals surface area contributed by atoms with Gasteiger partial charge in [0.15, 0.2) is 0 Å². The summed E-state index contributed by atoms with van der Waals surface area (Å²) >= 11 is 12.4. The van der Waals surface area contributed by atoms with Crippen LogP contribution < -0.4 is 5.32 Å². The number of hydrogen-bond donors (Lipinski definition) is 2. The number of benzene rings is 2. The number of anilines is 1. The van der Waals surface area contributed by atoms with Crippen molar-refractivity contribution in [3.63, 3.8) is 0 Å². The first-order valence-electron chi connectivity index (χ1n) is 9.66. The summed E-state index contributed by atoms with van der Waals surface area (Å²) in [4.78, 5) is 27.6. The Labute approximate surface area is 189 Å². The van der Waals surface area contributed by atoms with Gasteiger partial charge >= 0.3 is 0 Å². The molecule has 2 amide bonds. The van der Waals surface area contributed by atoms with E-state index in [0.29, 0.717) is 53.6 Å². The Hall–Kier alpha value is -2.61. The molecule has 0 unspecified atom stereocenters. The first kappa shape index (κ1) is 23.1. The number of halogens is 3. The molecule has 2 aromatic rings. The number of hydrogen-bond acceptors (Lipinski definition) is 4. The molecular weight excluding hydrogens is 444 g/mol. The van der Waals surface area contributed by atoms with Gasteiger partial charge in [-0.25, -0.2) is 4.39 Å². The van der Waals surface area contributed by atoms with Gasteiger partial charge in [-0.2, -0.15) is 0 Å². The molecule has 9 heteroatoms. The third kappa shape index (κ3) is 5.18. The Bertz CT molecular complexity index is 1010. The first-order valence-corrected chi connectivity index (χ1v) is 10.4. The van der Waals surface area contributed by atoms with E-state index in [0.717, 1.165) is 0 Å². The van der Waals surface area contributed by atoms with Gasteiger partial charge in [-0.1, -0.05) is 41.9 Å². The Morgan fingerprint density at radius 1 is 1.13 bits per heavy atom. The number of amides is 2. The summed E-state index contributed by atoms with van der Waals surface area (Å²) in [5.74, 6) is -0.863. The van der Waals surface area contributed by atoms with Gasteiger partial charge in [-0.3, -0.25) is 9.59 Å². The van der Waals surface area contributed by atoms with Crippen LogP contribution in [0.3, 0.4) is 0 Å². The summed E-state index contributed by atoms with van der Waals surface area (Å²) in [6, 6.07) is 7.62. The molecule has 2 N–H and O–H groups in total. The quantitative estimate of drug-likeness (QED) is 0.639. The molecule has 1 heterocycles. The second-order valence-electron chi connectivity index (χ2n) is 7.01. The van der Waals surface area contributed by atoms with Gasteiger partial charge < -0.3 is 20.2 Å². The molecule has 1 aliphatic rings. The van der Waals surface area contributed by atoms with Crippen molar-refractivity contribution in [2.24, 2.45) is 0 Å². The molecule has 1 aliphatic heterocycles. The molecule has 0 radical (unpaired) electrons. The van der Waals surface area contributed by atoms with Crippen LogP contribution in [0.1, 0.15) is 5.56 Å². The van der Waals surface area contributed by atoms with Crippen LogP contribution in [-0.4, -0.2) is 59.4 Å². The van der Waals surface area contributed by atoms with Crippen molar-refractivity contribution in [3.05, 3.63) is 64.4 Å². The van der Waals surface area contributed by atoms with Crippen molar-refractivity contribution in [1.29, 1.82) is 0 Å². The Morgan fingerprint density at radius 3 is 2.45 bits per heavy atom. The fourth-order valence-electron chi connectivity index (χ4n) is 3.42. The average Bonchev–Trinajstić information content (AvgIpc) is 2.79. The minimum absolute atomic E-state index is 0.0135. The topological polar surface area (TPSA) is 72.9 Å². The SMILES string of the molecule is C=CC(=O)N1CCN(C(=O)CNc2cc(-c3cccc(F)c3Cl)c(Cl)cc2CO)CC1. The van der Waals surface area contributed by atoms with E-state index in [1.807, 2.05) is 0 Å². The zero-order valence-corrected chi connectivity index (χ0v) is 18.2. The smallest absolute Gasteiger partial charge is 0.246 e. The molecule has 6 nitrogen and oxygen atoms in total. The zero-order valence-electron chi connectivity index (χ0n) is 16.7. The van der Waals surface area contributed by atoms with E-state index >= 15 is 0 Å². The van der Waals surface area contributed by atoms with E-state index < -0.39 is 5.82 Å². The lowest BCUT2D eigenvalue weighted by Gasteiger charge is -2.34. The average molecular weight is 466 g/mol. The van der Waals surface area contributed by atoms with Gasteiger partial charge in [0.1, 0.15) is 5.82 Å². The Balaban J connectivity index is 1.74. The van der Waals surface area contributed by atoms with Gasteiger partial charge in [0.2, 0.25) is 11.8 Å². The summed E-state index contributed by atoms with van der Waals surface area (Å²) < 4.78 is 13.9. The van der Waals surface area contributed by atoms with Crippen LogP contribution in [0, 0.1) is 5.82 Å². The normalized spacial score (nSPS) is 13.8. The van der Waals surface area contributed by atoms with Crippen molar-refractivity contribution >= 4 is 40.7 Å². The highest BCUT2D eigenvalue weighted by atomic mass is 35.5. The van der Waals surface area contributed by atoms with Crippen LogP contribution in [0.15, 0.2) is 43.0 Å². The third-order valence-electron chi connectivity index (χ3n) is 5.15. The summed E-state index contributed by atoms with van der Waals surface area (Å²) in [6.45, 7) is 4.91. The second kappa shape index (κ2) is 10.1. The molecule has 0 aliphatic carbocycles. The Morgan fingerprint density at radius 2 is 1.81 bits per heavy atom. The number of nitrogens with one attached hydrogen (secondary N) is 1. The number of aliphatic hydroxyl groups is 1. The van der Waals surface area contributed by atoms with Gasteiger partial charge in [-0.05, 0) is 24.3 Å². The lowest BCUT2D eigenvalue weighted by atomic mass is 10.0. The number of aliphatic hydroxyl groups excluding tert-OH is 1. The van der Waals surface area contributed by atoms with Crippen molar-refractivity contribution in [2.75, 3.05) is 38.0 Å². The maximum absolute atomic E-state index is 13.9. The number of carbonyl (C=O) groups is 2. The molecule has 2 aromatic carbocycles. The standard InChI is InChI=1S/C22H22Cl2FN3O3/c1-2-20(30)27-6-8-28(9-7-27)21(31)12-26-19-11-16(17(23)10-14(19)13-29)15-4-3-5-18(25)22(15)24/h2-5,10-11,26,29H,1,6-9,12-13H2. The van der Waals surface area contributed by atoms with Gasteiger partial charge in [0.05, 0.1) is 18.2 Å². The molecule has 1 saturated heterocycles. The molecule has 3 rings (SSSR count). The molecule has 164 valence electrons. The predicted octanol–water partition coefficient (Wildman–Crippen LogP) is 3.56. The number of nitrogens with zero attached hydrogens (tertiary/aromatic N) is 2. The fourth-order valence-corrected chi connectivity index (χ4v) is 3.93. The zero-order chi connectivity index (χ0) is 22.5. The van der Waals surface area contributed by atoms with Crippen LogP contribution in [0.2, 0.25) is 10.0 Å².